The molecule has 1 amide bonds. The van der Waals surface area contributed by atoms with Gasteiger partial charge in [0.2, 0.25) is 5.91 Å². The molecule has 24 heavy (non-hydrogen) atoms. The Morgan fingerprint density at radius 2 is 1.92 bits per heavy atom. The van der Waals surface area contributed by atoms with Gasteiger partial charge in [0.1, 0.15) is 0 Å². The van der Waals surface area contributed by atoms with Crippen LogP contribution in [0, 0.1) is 0 Å². The molecular formula is C19H31N3O2. The number of hydrogen-bond donors (Lipinski definition) is 1. The Hall–Kier alpha value is -1.43. The molecule has 1 aliphatic rings. The van der Waals surface area contributed by atoms with Gasteiger partial charge in [-0.2, -0.15) is 0 Å². The van der Waals surface area contributed by atoms with Gasteiger partial charge in [-0.1, -0.05) is 18.2 Å². The molecular weight excluding hydrogens is 302 g/mol. The molecule has 5 nitrogen and oxygen atoms in total. The van der Waals surface area contributed by atoms with E-state index in [0.717, 1.165) is 25.3 Å². The van der Waals surface area contributed by atoms with E-state index in [1.807, 2.05) is 42.2 Å². The van der Waals surface area contributed by atoms with Gasteiger partial charge in [0.25, 0.3) is 0 Å². The third-order valence-electron chi connectivity index (χ3n) is 4.53. The number of nitrogens with zero attached hydrogens (tertiary/aromatic N) is 3. The Morgan fingerprint density at radius 3 is 2.46 bits per heavy atom. The van der Waals surface area contributed by atoms with Crippen molar-refractivity contribution >= 4 is 11.6 Å². The number of benzene rings is 1. The maximum Gasteiger partial charge on any atom is 0.241 e. The van der Waals surface area contributed by atoms with Gasteiger partial charge in [-0.3, -0.25) is 14.6 Å². The van der Waals surface area contributed by atoms with Gasteiger partial charge in [0.15, 0.2) is 0 Å². The number of carbonyl (C=O) groups excluding carboxylic acids is 1. The lowest BCUT2D eigenvalue weighted by molar-refractivity contribution is -0.121. The monoisotopic (exact) mass is 333 g/mol. The molecule has 1 saturated heterocycles. The summed E-state index contributed by atoms with van der Waals surface area (Å²) in [7, 11) is 0. The molecule has 1 heterocycles. The lowest BCUT2D eigenvalue weighted by Crippen LogP contribution is -2.56. The summed E-state index contributed by atoms with van der Waals surface area (Å²) < 4.78 is 0. The van der Waals surface area contributed by atoms with Gasteiger partial charge >= 0.3 is 0 Å². The first kappa shape index (κ1) is 18.9. The fourth-order valence-electron chi connectivity index (χ4n) is 3.41. The van der Waals surface area contributed by atoms with Crippen LogP contribution >= 0.6 is 0 Å². The highest BCUT2D eigenvalue weighted by atomic mass is 16.3. The molecule has 0 aromatic heterocycles. The fraction of sp³-hybridized carbons (Fsp3) is 0.632. The van der Waals surface area contributed by atoms with Crippen molar-refractivity contribution in [2.24, 2.45) is 0 Å². The number of β-amino-alcohol motifs (C(OH)–C–C–N with tert-alkyl or cyclic N) is 1. The van der Waals surface area contributed by atoms with Crippen molar-refractivity contribution in [1.82, 2.24) is 9.80 Å². The average Bonchev–Trinajstić information content (AvgIpc) is 2.50. The number of aliphatic hydroxyl groups excluding tert-OH is 1. The summed E-state index contributed by atoms with van der Waals surface area (Å²) in [5, 5.41) is 9.55. The number of amides is 1. The summed E-state index contributed by atoms with van der Waals surface area (Å²) in [5.41, 5.74) is 0.956. The molecule has 1 aromatic rings. The van der Waals surface area contributed by atoms with Crippen LogP contribution in [-0.4, -0.2) is 71.7 Å². The van der Waals surface area contributed by atoms with Crippen LogP contribution in [0.5, 0.6) is 0 Å². The number of para-hydroxylation sites is 1. The van der Waals surface area contributed by atoms with Gasteiger partial charge in [-0.05, 0) is 39.8 Å². The topological polar surface area (TPSA) is 47.0 Å². The standard InChI is InChI=1S/C19H31N3O2/c1-15(2)22(18-8-6-5-7-9-18)19(24)14-21-11-10-20(12-16(21)3)13-17(4)23/h5-9,15-17,23H,10-14H2,1-4H3/t16-,17+/m0/s1. The molecule has 0 unspecified atom stereocenters. The van der Waals surface area contributed by atoms with Crippen LogP contribution in [0.3, 0.4) is 0 Å². The van der Waals surface area contributed by atoms with Crippen LogP contribution in [0.2, 0.25) is 0 Å². The van der Waals surface area contributed by atoms with E-state index in [2.05, 4.69) is 30.6 Å². The summed E-state index contributed by atoms with van der Waals surface area (Å²) in [5.74, 6) is 0.145. The van der Waals surface area contributed by atoms with E-state index in [9.17, 15) is 9.90 Å². The van der Waals surface area contributed by atoms with E-state index >= 15 is 0 Å². The molecule has 0 bridgehead atoms. The Kier molecular flexibility index (Phi) is 6.78. The Labute approximate surface area is 145 Å². The molecule has 134 valence electrons. The van der Waals surface area contributed by atoms with E-state index < -0.39 is 0 Å². The third kappa shape index (κ3) is 5.03. The first-order valence-electron chi connectivity index (χ1n) is 8.90. The normalized spacial score (nSPS) is 21.0. The second-order valence-electron chi connectivity index (χ2n) is 7.12. The zero-order chi connectivity index (χ0) is 17.7. The van der Waals surface area contributed by atoms with Crippen LogP contribution in [0.15, 0.2) is 30.3 Å². The number of anilines is 1. The number of aliphatic hydroxyl groups is 1. The maximum atomic E-state index is 12.9. The lowest BCUT2D eigenvalue weighted by Gasteiger charge is -2.41. The molecule has 0 radical (unpaired) electrons. The van der Waals surface area contributed by atoms with Crippen molar-refractivity contribution in [3.05, 3.63) is 30.3 Å². The largest absolute Gasteiger partial charge is 0.392 e. The van der Waals surface area contributed by atoms with Crippen molar-refractivity contribution < 1.29 is 9.90 Å². The van der Waals surface area contributed by atoms with Crippen molar-refractivity contribution in [1.29, 1.82) is 0 Å². The number of hydrogen-bond acceptors (Lipinski definition) is 4. The van der Waals surface area contributed by atoms with Crippen LogP contribution in [-0.2, 0) is 4.79 Å². The van der Waals surface area contributed by atoms with Gasteiger partial charge in [0.05, 0.1) is 12.6 Å². The van der Waals surface area contributed by atoms with Crippen LogP contribution < -0.4 is 4.90 Å². The van der Waals surface area contributed by atoms with Gasteiger partial charge in [-0.25, -0.2) is 0 Å². The summed E-state index contributed by atoms with van der Waals surface area (Å²) in [6, 6.07) is 10.3. The summed E-state index contributed by atoms with van der Waals surface area (Å²) in [6.45, 7) is 11.9. The Bertz CT molecular complexity index is 519. The molecule has 0 saturated carbocycles. The van der Waals surface area contributed by atoms with E-state index in [1.54, 1.807) is 0 Å². The van der Waals surface area contributed by atoms with Gasteiger partial charge in [0, 0.05) is 44.0 Å². The molecule has 5 heteroatoms. The minimum atomic E-state index is -0.306. The van der Waals surface area contributed by atoms with E-state index in [4.69, 9.17) is 0 Å². The highest BCUT2D eigenvalue weighted by molar-refractivity contribution is 5.95. The van der Waals surface area contributed by atoms with Crippen molar-refractivity contribution in [3.8, 4) is 0 Å². The molecule has 0 spiro atoms. The summed E-state index contributed by atoms with van der Waals surface area (Å²) in [6.07, 6.45) is -0.306. The van der Waals surface area contributed by atoms with Crippen molar-refractivity contribution in [2.45, 2.75) is 45.9 Å². The van der Waals surface area contributed by atoms with Gasteiger partial charge < -0.3 is 10.0 Å². The van der Waals surface area contributed by atoms with E-state index in [0.29, 0.717) is 19.1 Å². The number of piperazine rings is 1. The molecule has 1 fully saturated rings. The van der Waals surface area contributed by atoms with Crippen molar-refractivity contribution in [2.75, 3.05) is 37.6 Å². The first-order chi connectivity index (χ1) is 11.4. The fourth-order valence-corrected chi connectivity index (χ4v) is 3.41. The predicted octanol–water partition coefficient (Wildman–Crippen LogP) is 1.81. The molecule has 1 aromatic carbocycles. The maximum absolute atomic E-state index is 12.9. The summed E-state index contributed by atoms with van der Waals surface area (Å²) >= 11 is 0. The third-order valence-corrected chi connectivity index (χ3v) is 4.53. The Morgan fingerprint density at radius 1 is 1.25 bits per heavy atom. The quantitative estimate of drug-likeness (QED) is 0.863. The SMILES string of the molecule is CC(C)N(C(=O)CN1CCN(C[C@@H](C)O)C[C@@H]1C)c1ccccc1. The zero-order valence-electron chi connectivity index (χ0n) is 15.4. The van der Waals surface area contributed by atoms with Crippen LogP contribution in [0.1, 0.15) is 27.7 Å². The predicted molar refractivity (Wildman–Crippen MR) is 98.2 cm³/mol. The molecule has 1 aliphatic heterocycles. The Balaban J connectivity index is 1.98. The van der Waals surface area contributed by atoms with Crippen LogP contribution in [0.4, 0.5) is 5.69 Å². The number of carbonyl (C=O) groups is 1. The molecule has 2 rings (SSSR count). The summed E-state index contributed by atoms with van der Waals surface area (Å²) in [4.78, 5) is 19.3. The average molecular weight is 333 g/mol. The second kappa shape index (κ2) is 8.60. The van der Waals surface area contributed by atoms with Crippen molar-refractivity contribution in [3.63, 3.8) is 0 Å². The van der Waals surface area contributed by atoms with Gasteiger partial charge in [-0.15, -0.1) is 0 Å². The number of rotatable bonds is 6. The van der Waals surface area contributed by atoms with E-state index in [1.165, 1.54) is 0 Å². The second-order valence-corrected chi connectivity index (χ2v) is 7.12. The van der Waals surface area contributed by atoms with E-state index in [-0.39, 0.29) is 18.1 Å². The molecule has 0 aliphatic carbocycles. The molecule has 2 atom stereocenters. The van der Waals surface area contributed by atoms with Crippen LogP contribution in [0.25, 0.3) is 0 Å². The minimum absolute atomic E-state index is 0.131. The highest BCUT2D eigenvalue weighted by Crippen LogP contribution is 2.18. The first-order valence-corrected chi connectivity index (χ1v) is 8.90. The smallest absolute Gasteiger partial charge is 0.241 e. The minimum Gasteiger partial charge on any atom is -0.392 e. The zero-order valence-corrected chi connectivity index (χ0v) is 15.4. The molecule has 1 N–H and O–H groups in total. The lowest BCUT2D eigenvalue weighted by atomic mass is 10.1. The highest BCUT2D eigenvalue weighted by Gasteiger charge is 2.28.